The van der Waals surface area contributed by atoms with Crippen LogP contribution >= 0.6 is 11.3 Å². The van der Waals surface area contributed by atoms with Crippen molar-refractivity contribution in [1.82, 2.24) is 4.98 Å². The zero-order chi connectivity index (χ0) is 17.6. The highest BCUT2D eigenvalue weighted by Gasteiger charge is 2.19. The van der Waals surface area contributed by atoms with Gasteiger partial charge in [0, 0.05) is 10.9 Å². The van der Waals surface area contributed by atoms with Gasteiger partial charge in [0.05, 0.1) is 5.69 Å². The number of ether oxygens (including phenoxy) is 2. The number of esters is 1. The van der Waals surface area contributed by atoms with Gasteiger partial charge >= 0.3 is 5.97 Å². The molecule has 1 unspecified atom stereocenters. The largest absolute Gasteiger partial charge is 0.478 e. The molecule has 0 aliphatic carbocycles. The fourth-order valence-corrected chi connectivity index (χ4v) is 2.84. The Morgan fingerprint density at radius 1 is 1.16 bits per heavy atom. The first-order valence-electron chi connectivity index (χ1n) is 7.81. The lowest BCUT2D eigenvalue weighted by atomic mass is 10.1. The van der Waals surface area contributed by atoms with Crippen molar-refractivity contribution in [2.24, 2.45) is 0 Å². The summed E-state index contributed by atoms with van der Waals surface area (Å²) < 4.78 is 11.1. The lowest BCUT2D eigenvalue weighted by Crippen LogP contribution is -2.26. The maximum Gasteiger partial charge on any atom is 0.347 e. The number of thiazole rings is 1. The van der Waals surface area contributed by atoms with Gasteiger partial charge < -0.3 is 15.2 Å². The van der Waals surface area contributed by atoms with Crippen molar-refractivity contribution in [2.75, 3.05) is 5.73 Å². The van der Waals surface area contributed by atoms with E-state index in [0.717, 1.165) is 16.8 Å². The smallest absolute Gasteiger partial charge is 0.347 e. The number of benzene rings is 2. The molecule has 3 aromatic rings. The molecule has 6 heteroatoms. The van der Waals surface area contributed by atoms with E-state index < -0.39 is 12.1 Å². The van der Waals surface area contributed by atoms with E-state index in [2.05, 4.69) is 4.98 Å². The summed E-state index contributed by atoms with van der Waals surface area (Å²) in [5.41, 5.74) is 8.15. The molecule has 5 nitrogen and oxygen atoms in total. The first-order valence-corrected chi connectivity index (χ1v) is 8.69. The highest BCUT2D eigenvalue weighted by molar-refractivity contribution is 7.13. The van der Waals surface area contributed by atoms with E-state index in [1.54, 1.807) is 13.0 Å². The second-order valence-electron chi connectivity index (χ2n) is 5.42. The van der Waals surface area contributed by atoms with Gasteiger partial charge in [-0.25, -0.2) is 9.78 Å². The molecule has 0 fully saturated rings. The minimum absolute atomic E-state index is 0.220. The summed E-state index contributed by atoms with van der Waals surface area (Å²) in [5.74, 6) is 0.147. The number of carbonyl (C=O) groups is 1. The van der Waals surface area contributed by atoms with Gasteiger partial charge in [-0.05, 0) is 24.6 Å². The van der Waals surface area contributed by atoms with E-state index in [9.17, 15) is 4.79 Å². The van der Waals surface area contributed by atoms with E-state index >= 15 is 0 Å². The van der Waals surface area contributed by atoms with Crippen LogP contribution in [-0.4, -0.2) is 17.1 Å². The van der Waals surface area contributed by atoms with Gasteiger partial charge in [-0.3, -0.25) is 0 Å². The second kappa shape index (κ2) is 7.81. The SMILES string of the molecule is CC(Oc1ccccc1-c1csc(N)n1)C(=O)OCc1ccccc1. The number of rotatable bonds is 6. The van der Waals surface area contributed by atoms with Crippen LogP contribution in [0.1, 0.15) is 12.5 Å². The monoisotopic (exact) mass is 354 g/mol. The predicted molar refractivity (Wildman–Crippen MR) is 98.3 cm³/mol. The van der Waals surface area contributed by atoms with E-state index in [1.807, 2.05) is 53.9 Å². The molecule has 25 heavy (non-hydrogen) atoms. The Balaban J connectivity index is 1.66. The normalized spacial score (nSPS) is 11.7. The number of para-hydroxylation sites is 1. The van der Waals surface area contributed by atoms with Crippen LogP contribution in [0.2, 0.25) is 0 Å². The Labute approximate surface area is 150 Å². The van der Waals surface area contributed by atoms with Gasteiger partial charge in [-0.2, -0.15) is 0 Å². The molecule has 0 radical (unpaired) electrons. The van der Waals surface area contributed by atoms with Gasteiger partial charge in [0.15, 0.2) is 11.2 Å². The zero-order valence-corrected chi connectivity index (χ0v) is 14.5. The zero-order valence-electron chi connectivity index (χ0n) is 13.7. The molecule has 0 amide bonds. The standard InChI is InChI=1S/C19H18N2O3S/c1-13(18(22)23-11-14-7-3-2-4-8-14)24-17-10-6-5-9-15(17)16-12-25-19(20)21-16/h2-10,12-13H,11H2,1H3,(H2,20,21). The van der Waals surface area contributed by atoms with Gasteiger partial charge in [-0.1, -0.05) is 42.5 Å². The molecule has 0 saturated carbocycles. The minimum Gasteiger partial charge on any atom is -0.478 e. The number of hydrogen-bond donors (Lipinski definition) is 1. The van der Waals surface area contributed by atoms with Crippen molar-refractivity contribution < 1.29 is 14.3 Å². The summed E-state index contributed by atoms with van der Waals surface area (Å²) >= 11 is 1.36. The van der Waals surface area contributed by atoms with E-state index in [-0.39, 0.29) is 6.61 Å². The first-order chi connectivity index (χ1) is 12.1. The molecule has 1 atom stereocenters. The summed E-state index contributed by atoms with van der Waals surface area (Å²) in [6, 6.07) is 16.9. The van der Waals surface area contributed by atoms with Crippen LogP contribution in [0.5, 0.6) is 5.75 Å². The molecule has 1 aromatic heterocycles. The molecule has 128 valence electrons. The summed E-state index contributed by atoms with van der Waals surface area (Å²) in [7, 11) is 0. The predicted octanol–water partition coefficient (Wildman–Crippen LogP) is 3.90. The number of carbonyl (C=O) groups excluding carboxylic acids is 1. The van der Waals surface area contributed by atoms with Crippen LogP contribution in [-0.2, 0) is 16.1 Å². The Morgan fingerprint density at radius 2 is 1.88 bits per heavy atom. The third kappa shape index (κ3) is 4.36. The lowest BCUT2D eigenvalue weighted by molar-refractivity contribution is -0.152. The molecule has 0 bridgehead atoms. The summed E-state index contributed by atoms with van der Waals surface area (Å²) in [6.45, 7) is 1.89. The highest BCUT2D eigenvalue weighted by Crippen LogP contribution is 2.32. The van der Waals surface area contributed by atoms with Crippen LogP contribution in [0.3, 0.4) is 0 Å². The number of nitrogens with zero attached hydrogens (tertiary/aromatic N) is 1. The third-order valence-electron chi connectivity index (χ3n) is 3.54. The molecule has 0 aliphatic rings. The third-order valence-corrected chi connectivity index (χ3v) is 4.22. The van der Waals surface area contributed by atoms with Crippen LogP contribution in [0.15, 0.2) is 60.0 Å². The van der Waals surface area contributed by atoms with Crippen LogP contribution in [0.25, 0.3) is 11.3 Å². The Hall–Kier alpha value is -2.86. The van der Waals surface area contributed by atoms with Crippen LogP contribution in [0, 0.1) is 0 Å². The summed E-state index contributed by atoms with van der Waals surface area (Å²) in [6.07, 6.45) is -0.735. The van der Waals surface area contributed by atoms with Crippen molar-refractivity contribution in [2.45, 2.75) is 19.6 Å². The molecule has 0 spiro atoms. The summed E-state index contributed by atoms with van der Waals surface area (Å²) in [5, 5.41) is 2.34. The topological polar surface area (TPSA) is 74.4 Å². The molecule has 0 aliphatic heterocycles. The fourth-order valence-electron chi connectivity index (χ4n) is 2.28. The molecule has 2 N–H and O–H groups in total. The Bertz CT molecular complexity index is 849. The second-order valence-corrected chi connectivity index (χ2v) is 6.31. The van der Waals surface area contributed by atoms with E-state index in [1.165, 1.54) is 11.3 Å². The average Bonchev–Trinajstić information content (AvgIpc) is 3.07. The fraction of sp³-hybridized carbons (Fsp3) is 0.158. The number of nitrogen functional groups attached to an aromatic ring is 1. The van der Waals surface area contributed by atoms with E-state index in [0.29, 0.717) is 10.9 Å². The van der Waals surface area contributed by atoms with Crippen molar-refractivity contribution in [3.8, 4) is 17.0 Å². The number of nitrogens with two attached hydrogens (primary N) is 1. The minimum atomic E-state index is -0.735. The highest BCUT2D eigenvalue weighted by atomic mass is 32.1. The Morgan fingerprint density at radius 3 is 2.60 bits per heavy atom. The molecular formula is C19H18N2O3S. The van der Waals surface area contributed by atoms with Gasteiger partial charge in [0.1, 0.15) is 12.4 Å². The maximum absolute atomic E-state index is 12.2. The first kappa shape index (κ1) is 17.0. The van der Waals surface area contributed by atoms with Crippen LogP contribution in [0.4, 0.5) is 5.13 Å². The number of anilines is 1. The van der Waals surface area contributed by atoms with Gasteiger partial charge in [-0.15, -0.1) is 11.3 Å². The van der Waals surface area contributed by atoms with E-state index in [4.69, 9.17) is 15.2 Å². The lowest BCUT2D eigenvalue weighted by Gasteiger charge is -2.16. The van der Waals surface area contributed by atoms with Crippen molar-refractivity contribution >= 4 is 22.4 Å². The molecule has 0 saturated heterocycles. The average molecular weight is 354 g/mol. The van der Waals surface area contributed by atoms with Crippen molar-refractivity contribution in [3.63, 3.8) is 0 Å². The Kier molecular flexibility index (Phi) is 5.30. The molecule has 3 rings (SSSR count). The van der Waals surface area contributed by atoms with Crippen LogP contribution < -0.4 is 10.5 Å². The molecule has 2 aromatic carbocycles. The molecule has 1 heterocycles. The van der Waals surface area contributed by atoms with Gasteiger partial charge in [0.25, 0.3) is 0 Å². The maximum atomic E-state index is 12.2. The van der Waals surface area contributed by atoms with Crippen molar-refractivity contribution in [3.05, 3.63) is 65.5 Å². The van der Waals surface area contributed by atoms with Crippen molar-refractivity contribution in [1.29, 1.82) is 0 Å². The number of hydrogen-bond acceptors (Lipinski definition) is 6. The van der Waals surface area contributed by atoms with Gasteiger partial charge in [0.2, 0.25) is 0 Å². The number of aromatic nitrogens is 1. The summed E-state index contributed by atoms with van der Waals surface area (Å²) in [4.78, 5) is 16.5. The molecular weight excluding hydrogens is 336 g/mol. The quantitative estimate of drug-likeness (QED) is 0.680.